The number of benzene rings is 1. The quantitative estimate of drug-likeness (QED) is 0.265. The maximum absolute atomic E-state index is 15.2. The van der Waals surface area contributed by atoms with E-state index in [1.807, 2.05) is 0 Å². The smallest absolute Gasteiger partial charge is 0.416 e. The molecule has 3 aliphatic rings. The average molecular weight is 642 g/mol. The van der Waals surface area contributed by atoms with Crippen LogP contribution in [0.25, 0.3) is 16.8 Å². The van der Waals surface area contributed by atoms with Crippen LogP contribution in [-0.4, -0.2) is 61.2 Å². The van der Waals surface area contributed by atoms with Crippen LogP contribution in [0.15, 0.2) is 48.9 Å². The predicted octanol–water partition coefficient (Wildman–Crippen LogP) is 5.55. The van der Waals surface area contributed by atoms with Gasteiger partial charge in [-0.2, -0.15) is 13.2 Å². The lowest BCUT2D eigenvalue weighted by Crippen LogP contribution is -2.46. The number of nitrogens with two attached hydrogens (primary N) is 1. The first-order valence-electron chi connectivity index (χ1n) is 14.8. The first-order chi connectivity index (χ1) is 21.9. The van der Waals surface area contributed by atoms with Gasteiger partial charge in [0, 0.05) is 42.2 Å². The van der Waals surface area contributed by atoms with Gasteiger partial charge < -0.3 is 20.7 Å². The molecule has 1 aliphatic carbocycles. The number of nitrogen functional groups attached to an aromatic ring is 1. The number of nitrogens with zero attached hydrogens (tertiary/aromatic N) is 5. The van der Waals surface area contributed by atoms with E-state index in [-0.39, 0.29) is 61.3 Å². The van der Waals surface area contributed by atoms with E-state index in [0.717, 1.165) is 18.3 Å². The van der Waals surface area contributed by atoms with Crippen LogP contribution in [0.3, 0.4) is 0 Å². The Balaban J connectivity index is 1.23. The Kier molecular flexibility index (Phi) is 6.72. The summed E-state index contributed by atoms with van der Waals surface area (Å²) in [5.74, 6) is -4.02. The van der Waals surface area contributed by atoms with Crippen LogP contribution >= 0.6 is 0 Å². The summed E-state index contributed by atoms with van der Waals surface area (Å²) in [7, 11) is 0. The molecule has 2 aliphatic heterocycles. The molecule has 3 fully saturated rings. The third-order valence-electron chi connectivity index (χ3n) is 9.16. The minimum absolute atomic E-state index is 0.0852. The zero-order chi connectivity index (χ0) is 32.6. The number of carbonyl (C=O) groups excluding carboxylic acids is 2. The van der Waals surface area contributed by atoms with Crippen molar-refractivity contribution in [1.82, 2.24) is 24.3 Å². The van der Waals surface area contributed by atoms with Crippen LogP contribution in [0.4, 0.5) is 33.6 Å². The number of fused-ring (bicyclic) bond motifs is 2. The van der Waals surface area contributed by atoms with Crippen LogP contribution in [0, 0.1) is 5.41 Å². The second-order valence-corrected chi connectivity index (χ2v) is 11.8. The molecule has 7 rings (SSSR count). The number of ether oxygens (including phenoxy) is 1. The number of rotatable bonds is 6. The molecular weight excluding hydrogens is 613 g/mol. The van der Waals surface area contributed by atoms with E-state index < -0.39 is 40.9 Å². The number of piperidine rings is 1. The molecule has 4 aromatic rings. The average Bonchev–Trinajstić information content (AvgIpc) is 3.73. The lowest BCUT2D eigenvalue weighted by Gasteiger charge is -2.36. The summed E-state index contributed by atoms with van der Waals surface area (Å²) in [6.07, 6.45) is 0.399. The monoisotopic (exact) mass is 641 g/mol. The van der Waals surface area contributed by atoms with Crippen molar-refractivity contribution in [3.05, 3.63) is 65.9 Å². The molecule has 1 saturated carbocycles. The second kappa shape index (κ2) is 10.4. The molecule has 0 unspecified atom stereocenters. The van der Waals surface area contributed by atoms with Crippen molar-refractivity contribution in [1.29, 1.82) is 0 Å². The van der Waals surface area contributed by atoms with Crippen molar-refractivity contribution >= 4 is 29.0 Å². The van der Waals surface area contributed by atoms with Crippen LogP contribution in [0.5, 0.6) is 5.75 Å². The molecule has 240 valence electrons. The molecule has 46 heavy (non-hydrogen) atoms. The van der Waals surface area contributed by atoms with Crippen molar-refractivity contribution in [2.75, 3.05) is 24.2 Å². The minimum Gasteiger partial charge on any atom is -0.493 e. The van der Waals surface area contributed by atoms with Gasteiger partial charge in [-0.25, -0.2) is 23.7 Å². The number of carbonyl (C=O) groups is 2. The highest BCUT2D eigenvalue weighted by Gasteiger charge is 2.77. The largest absolute Gasteiger partial charge is 0.493 e. The van der Waals surface area contributed by atoms with Crippen LogP contribution in [-0.2, 0) is 11.0 Å². The van der Waals surface area contributed by atoms with Crippen molar-refractivity contribution in [3.63, 3.8) is 0 Å². The third kappa shape index (κ3) is 4.54. The molecule has 1 spiro atoms. The fraction of sp³-hybridized carbons (Fsp3) is 0.387. The van der Waals surface area contributed by atoms with Crippen molar-refractivity contribution in [3.8, 4) is 17.0 Å². The summed E-state index contributed by atoms with van der Waals surface area (Å²) in [5.41, 5.74) is 5.14. The van der Waals surface area contributed by atoms with E-state index in [0.29, 0.717) is 29.0 Å². The van der Waals surface area contributed by atoms with Gasteiger partial charge >= 0.3 is 6.18 Å². The Morgan fingerprint density at radius 3 is 2.63 bits per heavy atom. The fourth-order valence-electron chi connectivity index (χ4n) is 6.75. The first-order valence-corrected chi connectivity index (χ1v) is 14.8. The molecule has 2 saturated heterocycles. The molecule has 1 aromatic carbocycles. The van der Waals surface area contributed by atoms with Crippen LogP contribution in [0.1, 0.15) is 60.3 Å². The van der Waals surface area contributed by atoms with E-state index in [2.05, 4.69) is 15.3 Å². The van der Waals surface area contributed by atoms with E-state index in [1.54, 1.807) is 23.6 Å². The number of pyridine rings is 1. The summed E-state index contributed by atoms with van der Waals surface area (Å²) < 4.78 is 77.5. The topological polar surface area (TPSA) is 128 Å². The number of anilines is 2. The highest BCUT2D eigenvalue weighted by molar-refractivity contribution is 6.04. The van der Waals surface area contributed by atoms with Gasteiger partial charge in [-0.1, -0.05) is 0 Å². The van der Waals surface area contributed by atoms with Gasteiger partial charge in [-0.3, -0.25) is 14.0 Å². The number of nitrogens with one attached hydrogen (secondary N) is 1. The molecule has 0 bridgehead atoms. The Hall–Kier alpha value is -4.82. The fourth-order valence-corrected chi connectivity index (χ4v) is 6.75. The summed E-state index contributed by atoms with van der Waals surface area (Å²) >= 11 is 0. The van der Waals surface area contributed by atoms with Gasteiger partial charge in [0.15, 0.2) is 0 Å². The van der Waals surface area contributed by atoms with Crippen molar-refractivity contribution < 1.29 is 36.3 Å². The van der Waals surface area contributed by atoms with Gasteiger partial charge in [0.25, 0.3) is 11.8 Å². The Morgan fingerprint density at radius 1 is 1.13 bits per heavy atom. The van der Waals surface area contributed by atoms with E-state index >= 15 is 8.78 Å². The molecule has 3 aromatic heterocycles. The Morgan fingerprint density at radius 2 is 1.91 bits per heavy atom. The number of aromatic nitrogens is 4. The molecule has 10 nitrogen and oxygen atoms in total. The lowest BCUT2D eigenvalue weighted by molar-refractivity contribution is -0.138. The van der Waals surface area contributed by atoms with Gasteiger partial charge in [-0.05, 0) is 62.9 Å². The second-order valence-electron chi connectivity index (χ2n) is 11.8. The zero-order valence-electron chi connectivity index (χ0n) is 24.4. The van der Waals surface area contributed by atoms with Crippen LogP contribution < -0.4 is 15.8 Å². The van der Waals surface area contributed by atoms with Gasteiger partial charge in [0.05, 0.1) is 18.2 Å². The maximum atomic E-state index is 15.2. The third-order valence-corrected chi connectivity index (χ3v) is 9.16. The summed E-state index contributed by atoms with van der Waals surface area (Å²) in [4.78, 5) is 40.4. The van der Waals surface area contributed by atoms with E-state index in [4.69, 9.17) is 15.5 Å². The number of imidazole rings is 1. The highest BCUT2D eigenvalue weighted by Crippen LogP contribution is 2.65. The molecule has 3 N–H and O–H groups in total. The molecule has 0 radical (unpaired) electrons. The number of hydrogen-bond acceptors (Lipinski definition) is 7. The van der Waals surface area contributed by atoms with Crippen molar-refractivity contribution in [2.45, 2.75) is 56.7 Å². The number of amides is 2. The minimum atomic E-state index is -4.61. The zero-order valence-corrected chi connectivity index (χ0v) is 24.4. The lowest BCUT2D eigenvalue weighted by atomic mass is 9.89. The summed E-state index contributed by atoms with van der Waals surface area (Å²) in [6, 6.07) is 4.88. The SMILES string of the molecule is CCOc1cc(C(=O)Nc2cc(C(F)(F)F)ccn2)ccc1-c1nc([C@H]2CC[C@H]3N(C2)C(=O)C2(CC2)C3(F)F)n2ccnc(N)c12. The highest BCUT2D eigenvalue weighted by atomic mass is 19.4. The number of hydrogen-bond donors (Lipinski definition) is 2. The van der Waals surface area contributed by atoms with Gasteiger partial charge in [0.2, 0.25) is 5.91 Å². The maximum Gasteiger partial charge on any atom is 0.416 e. The molecular formula is C31H28F5N7O3. The molecule has 15 heteroatoms. The predicted molar refractivity (Wildman–Crippen MR) is 155 cm³/mol. The molecule has 5 heterocycles. The normalized spacial score (nSPS) is 21.4. The van der Waals surface area contributed by atoms with E-state index in [9.17, 15) is 22.8 Å². The Bertz CT molecular complexity index is 1890. The van der Waals surface area contributed by atoms with Crippen LogP contribution in [0.2, 0.25) is 0 Å². The van der Waals surface area contributed by atoms with Gasteiger partial charge in [-0.15, -0.1) is 0 Å². The summed E-state index contributed by atoms with van der Waals surface area (Å²) in [6.45, 7) is 2.03. The standard InChI is InChI=1S/C31H28F5N7O3/c1-2-46-20-13-16(27(44)40-22-14-18(7-10-38-22)31(34,35)36)3-5-19(20)23-24-25(37)39-11-12-42(24)26(41-23)17-4-6-21-30(32,33)29(8-9-29)28(45)43(21)15-17/h3,5,7,10-14,17,21H,2,4,6,8-9,15H2,1H3,(H2,37,39)(H,38,40,44)/t17-,21+/m0/s1. The van der Waals surface area contributed by atoms with Gasteiger partial charge in [0.1, 0.15) is 39.8 Å². The number of halogens is 5. The Labute approximate surface area is 258 Å². The molecule has 2 amide bonds. The molecule has 2 atom stereocenters. The number of alkyl halides is 5. The first kappa shape index (κ1) is 29.9. The summed E-state index contributed by atoms with van der Waals surface area (Å²) in [5, 5.41) is 2.38. The van der Waals surface area contributed by atoms with Crippen molar-refractivity contribution in [2.24, 2.45) is 5.41 Å². The van der Waals surface area contributed by atoms with E-state index in [1.165, 1.54) is 23.2 Å².